The Kier molecular flexibility index (Phi) is 16.0. The topological polar surface area (TPSA) is 189 Å². The van der Waals surface area contributed by atoms with Crippen LogP contribution in [0, 0.1) is 23.7 Å². The van der Waals surface area contributed by atoms with Gasteiger partial charge in [0.2, 0.25) is 6.79 Å². The summed E-state index contributed by atoms with van der Waals surface area (Å²) in [6.07, 6.45) is -6.88. The van der Waals surface area contributed by atoms with Crippen molar-refractivity contribution in [2.24, 2.45) is 28.8 Å². The van der Waals surface area contributed by atoms with Crippen LogP contribution >= 0.6 is 0 Å². The minimum atomic E-state index is -1.91. The smallest absolute Gasteiger partial charge is 0.311 e. The summed E-state index contributed by atoms with van der Waals surface area (Å²) < 4.78 is 28.5. The van der Waals surface area contributed by atoms with Crippen LogP contribution in [-0.2, 0) is 33.3 Å². The normalized spacial score (nSPS) is 43.9. The third kappa shape index (κ3) is 10.5. The van der Waals surface area contributed by atoms with Crippen LogP contribution in [0.1, 0.15) is 74.7 Å². The van der Waals surface area contributed by atoms with Gasteiger partial charge in [-0.3, -0.25) is 4.79 Å². The van der Waals surface area contributed by atoms with Crippen LogP contribution in [0.25, 0.3) is 0 Å². The van der Waals surface area contributed by atoms with E-state index in [0.29, 0.717) is 18.7 Å². The number of carbonyl (C=O) groups is 1. The SMILES string of the molecule is CCC1OC(=O)[C@H](C)[C@@H](O)[C@H](C)[C@@H](O[C@@H]2O[C@H](C)C[C@H](N(C)C)[C@H]2O)[C@](C)(O)C[C@@H](C)/C(=N\OCOCCOC)[C@H](C)[C@@H](O)[C@]1(C)O. The summed E-state index contributed by atoms with van der Waals surface area (Å²) in [6, 6.07) is -0.289. The summed E-state index contributed by atoms with van der Waals surface area (Å²) in [5, 5.41) is 62.4. The molecule has 0 bridgehead atoms. The van der Waals surface area contributed by atoms with Crippen molar-refractivity contribution in [1.29, 1.82) is 0 Å². The third-order valence-electron chi connectivity index (χ3n) is 9.85. The number of aliphatic hydroxyl groups is 5. The number of esters is 1. The number of aliphatic hydroxyl groups excluding tert-OH is 3. The maximum Gasteiger partial charge on any atom is 0.311 e. The Morgan fingerprint density at radius 2 is 1.64 bits per heavy atom. The highest BCUT2D eigenvalue weighted by atomic mass is 16.7. The molecule has 2 saturated heterocycles. The highest BCUT2D eigenvalue weighted by Crippen LogP contribution is 2.38. The van der Waals surface area contributed by atoms with Crippen molar-refractivity contribution in [2.75, 3.05) is 41.2 Å². The average molecular weight is 679 g/mol. The van der Waals surface area contributed by atoms with E-state index in [1.54, 1.807) is 41.7 Å². The van der Waals surface area contributed by atoms with Crippen molar-refractivity contribution in [3.05, 3.63) is 0 Å². The molecular formula is C33H62N2O12. The molecule has 0 radical (unpaired) electrons. The monoisotopic (exact) mass is 678 g/mol. The highest BCUT2D eigenvalue weighted by molar-refractivity contribution is 5.88. The Hall–Kier alpha value is -1.46. The number of carbonyl (C=O) groups excluding carboxylic acids is 1. The van der Waals surface area contributed by atoms with Crippen LogP contribution in [0.15, 0.2) is 5.16 Å². The Morgan fingerprint density at radius 3 is 2.21 bits per heavy atom. The number of likely N-dealkylation sites (N-methyl/N-ethyl adjacent to an activating group) is 1. The van der Waals surface area contributed by atoms with Crippen molar-refractivity contribution < 1.29 is 58.8 Å². The van der Waals surface area contributed by atoms with Gasteiger partial charge in [-0.15, -0.1) is 0 Å². The fourth-order valence-electron chi connectivity index (χ4n) is 6.93. The van der Waals surface area contributed by atoms with E-state index in [9.17, 15) is 30.3 Å². The molecule has 0 aromatic heterocycles. The molecular weight excluding hydrogens is 616 g/mol. The Morgan fingerprint density at radius 1 is 1.00 bits per heavy atom. The van der Waals surface area contributed by atoms with Crippen LogP contribution < -0.4 is 0 Å². The second-order valence-corrected chi connectivity index (χ2v) is 14.2. The van der Waals surface area contributed by atoms with Crippen LogP contribution in [0.2, 0.25) is 0 Å². The third-order valence-corrected chi connectivity index (χ3v) is 9.85. The number of oxime groups is 1. The number of rotatable bonds is 10. The Bertz CT molecular complexity index is 995. The number of cyclic esters (lactones) is 1. The molecule has 2 rings (SSSR count). The number of nitrogens with zero attached hydrogens (tertiary/aromatic N) is 2. The van der Waals surface area contributed by atoms with E-state index in [-0.39, 0.29) is 38.4 Å². The lowest BCUT2D eigenvalue weighted by molar-refractivity contribution is -0.298. The van der Waals surface area contributed by atoms with Gasteiger partial charge in [0, 0.05) is 30.9 Å². The molecule has 0 spiro atoms. The molecule has 2 aliphatic heterocycles. The first kappa shape index (κ1) is 41.7. The van der Waals surface area contributed by atoms with Gasteiger partial charge in [-0.1, -0.05) is 32.9 Å². The van der Waals surface area contributed by atoms with E-state index in [1.165, 1.54) is 13.8 Å². The maximum atomic E-state index is 13.4. The van der Waals surface area contributed by atoms with Gasteiger partial charge in [0.05, 0.1) is 54.9 Å². The minimum absolute atomic E-state index is 0.00777. The number of hydrogen-bond donors (Lipinski definition) is 5. The molecule has 2 fully saturated rings. The molecule has 5 N–H and O–H groups in total. The predicted molar refractivity (Wildman–Crippen MR) is 173 cm³/mol. The zero-order valence-corrected chi connectivity index (χ0v) is 30.2. The van der Waals surface area contributed by atoms with Crippen molar-refractivity contribution in [2.45, 2.75) is 135 Å². The fraction of sp³-hybridized carbons (Fsp3) is 0.939. The molecule has 14 heteroatoms. The van der Waals surface area contributed by atoms with E-state index in [0.717, 1.165) is 0 Å². The molecule has 1 unspecified atom stereocenters. The van der Waals surface area contributed by atoms with Gasteiger partial charge in [0.15, 0.2) is 6.29 Å². The molecule has 0 aromatic carbocycles. The van der Waals surface area contributed by atoms with Crippen molar-refractivity contribution in [1.82, 2.24) is 4.90 Å². The molecule has 276 valence electrons. The second kappa shape index (κ2) is 18.0. The molecule has 14 nitrogen and oxygen atoms in total. The van der Waals surface area contributed by atoms with Gasteiger partial charge in [-0.2, -0.15) is 0 Å². The number of ether oxygens (including phenoxy) is 5. The van der Waals surface area contributed by atoms with Crippen LogP contribution in [0.3, 0.4) is 0 Å². The molecule has 2 aliphatic rings. The summed E-state index contributed by atoms with van der Waals surface area (Å²) in [5.74, 6) is -4.17. The quantitative estimate of drug-likeness (QED) is 0.0963. The lowest BCUT2D eigenvalue weighted by atomic mass is 9.73. The van der Waals surface area contributed by atoms with E-state index in [4.69, 9.17) is 28.5 Å². The first-order valence-corrected chi connectivity index (χ1v) is 16.7. The molecule has 0 amide bonds. The molecule has 0 aliphatic carbocycles. The van der Waals surface area contributed by atoms with E-state index < -0.39 is 77.7 Å². The van der Waals surface area contributed by atoms with Gasteiger partial charge in [0.1, 0.15) is 17.8 Å². The summed E-state index contributed by atoms with van der Waals surface area (Å²) in [5.41, 5.74) is -3.32. The Balaban J connectivity index is 2.61. The van der Waals surface area contributed by atoms with Crippen molar-refractivity contribution >= 4 is 11.7 Å². The van der Waals surface area contributed by atoms with Crippen LogP contribution in [-0.4, -0.2) is 143 Å². The molecule has 0 aromatic rings. The van der Waals surface area contributed by atoms with Gasteiger partial charge in [0.25, 0.3) is 0 Å². The molecule has 0 saturated carbocycles. The summed E-state index contributed by atoms with van der Waals surface area (Å²) in [7, 11) is 5.25. The van der Waals surface area contributed by atoms with Gasteiger partial charge >= 0.3 is 5.97 Å². The predicted octanol–water partition coefficient (Wildman–Crippen LogP) is 1.28. The molecule has 2 heterocycles. The molecule has 14 atom stereocenters. The summed E-state index contributed by atoms with van der Waals surface area (Å²) in [6.45, 7) is 13.5. The fourth-order valence-corrected chi connectivity index (χ4v) is 6.93. The lowest BCUT2D eigenvalue weighted by Gasteiger charge is -2.47. The maximum absolute atomic E-state index is 13.4. The van der Waals surface area contributed by atoms with E-state index >= 15 is 0 Å². The van der Waals surface area contributed by atoms with Gasteiger partial charge in [-0.25, -0.2) is 0 Å². The van der Waals surface area contributed by atoms with E-state index in [2.05, 4.69) is 5.16 Å². The number of methoxy groups -OCH3 is 1. The standard InChI is InChI=1S/C33H62N2O12/c1-12-24-33(8,41)28(38)20(4)25(34-44-17-43-14-13-42-11)18(2)16-32(7,40)29(21(5)26(36)22(6)30(39)46-24)47-31-27(37)23(35(9)10)15-19(3)45-31/h18-24,26-29,31,36-38,40-41H,12-17H2,1-11H3/b34-25+/t18-,19-,20+,21+,22-,23+,24?,26+,27-,28-,29-,31+,32-,33-/m1/s1. The lowest BCUT2D eigenvalue weighted by Crippen LogP contribution is -2.60. The first-order valence-electron chi connectivity index (χ1n) is 16.7. The average Bonchev–Trinajstić information content (AvgIpc) is 3.00. The zero-order chi connectivity index (χ0) is 35.9. The first-order chi connectivity index (χ1) is 21.8. The second-order valence-electron chi connectivity index (χ2n) is 14.2. The summed E-state index contributed by atoms with van der Waals surface area (Å²) in [4.78, 5) is 20.8. The van der Waals surface area contributed by atoms with Gasteiger partial charge in [-0.05, 0) is 61.1 Å². The van der Waals surface area contributed by atoms with Crippen molar-refractivity contribution in [3.8, 4) is 0 Å². The summed E-state index contributed by atoms with van der Waals surface area (Å²) >= 11 is 0. The Labute approximate surface area is 280 Å². The van der Waals surface area contributed by atoms with Gasteiger partial charge < -0.3 is 59.0 Å². The largest absolute Gasteiger partial charge is 0.459 e. The van der Waals surface area contributed by atoms with E-state index in [1.807, 2.05) is 25.9 Å². The van der Waals surface area contributed by atoms with Crippen LogP contribution in [0.4, 0.5) is 0 Å². The zero-order valence-electron chi connectivity index (χ0n) is 30.2. The number of hydrogen-bond acceptors (Lipinski definition) is 14. The van der Waals surface area contributed by atoms with Crippen molar-refractivity contribution in [3.63, 3.8) is 0 Å². The van der Waals surface area contributed by atoms with Crippen LogP contribution in [0.5, 0.6) is 0 Å². The highest BCUT2D eigenvalue weighted by Gasteiger charge is 2.51. The minimum Gasteiger partial charge on any atom is -0.459 e. The molecule has 47 heavy (non-hydrogen) atoms.